The van der Waals surface area contributed by atoms with E-state index >= 15 is 0 Å². The molecule has 21 heavy (non-hydrogen) atoms. The first-order valence-electron chi connectivity index (χ1n) is 8.12. The van der Waals surface area contributed by atoms with E-state index in [9.17, 15) is 4.79 Å². The number of rotatable bonds is 12. The smallest absolute Gasteiger partial charge is 0.189 e. The Hall–Kier alpha value is -0.580. The molecule has 2 N–H and O–H groups in total. The van der Waals surface area contributed by atoms with Gasteiger partial charge in [-0.1, -0.05) is 54.8 Å². The van der Waals surface area contributed by atoms with E-state index in [-0.39, 0.29) is 1.43 Å². The van der Waals surface area contributed by atoms with Crippen molar-refractivity contribution in [2.45, 2.75) is 57.8 Å². The third-order valence-corrected chi connectivity index (χ3v) is 4.52. The van der Waals surface area contributed by atoms with E-state index in [1.165, 1.54) is 36.6 Å². The Balaban J connectivity index is 0.00000441. The zero-order valence-electron chi connectivity index (χ0n) is 13.0. The molecule has 0 saturated carbocycles. The van der Waals surface area contributed by atoms with Crippen LogP contribution in [0.5, 0.6) is 0 Å². The van der Waals surface area contributed by atoms with E-state index in [1.54, 1.807) is 0 Å². The molecule has 0 spiro atoms. The number of hydrogen-bond donors (Lipinski definition) is 1. The molecule has 1 rings (SSSR count). The lowest BCUT2D eigenvalue weighted by atomic mass is 10.0. The van der Waals surface area contributed by atoms with Gasteiger partial charge in [0.25, 0.3) is 0 Å². The lowest BCUT2D eigenvalue weighted by molar-refractivity contribution is -0.110. The van der Waals surface area contributed by atoms with Crippen molar-refractivity contribution >= 4 is 16.9 Å². The Morgan fingerprint density at radius 2 is 2.05 bits per heavy atom. The predicted molar refractivity (Wildman–Crippen MR) is 93.4 cm³/mol. The molecule has 0 aliphatic heterocycles. The van der Waals surface area contributed by atoms with Crippen LogP contribution in [0.1, 0.15) is 59.2 Å². The van der Waals surface area contributed by atoms with Crippen molar-refractivity contribution in [2.24, 2.45) is 5.73 Å². The van der Waals surface area contributed by atoms with Crippen molar-refractivity contribution in [1.29, 1.82) is 0 Å². The second-order valence-electron chi connectivity index (χ2n) is 5.32. The first kappa shape index (κ1) is 18.5. The van der Waals surface area contributed by atoms with Gasteiger partial charge in [-0.2, -0.15) is 0 Å². The third kappa shape index (κ3) is 10.7. The second-order valence-corrected chi connectivity index (χ2v) is 6.47. The molecule has 0 heterocycles. The first-order chi connectivity index (χ1) is 10.3. The standard InChI is InChI=1S/C17H29NO2S.H2/c18-15-20-13-7-2-1-3-8-14-21-17(19)12-11-16-9-5-4-6-10-16;/h5,9-10H,1-4,6-8,11-15,18H2;1H. The van der Waals surface area contributed by atoms with Crippen LogP contribution in [0.4, 0.5) is 0 Å². The Morgan fingerprint density at radius 3 is 2.81 bits per heavy atom. The molecule has 122 valence electrons. The maximum atomic E-state index is 11.8. The van der Waals surface area contributed by atoms with Gasteiger partial charge in [0.05, 0.1) is 6.73 Å². The van der Waals surface area contributed by atoms with Gasteiger partial charge in [-0.05, 0) is 32.1 Å². The molecular weight excluding hydrogens is 282 g/mol. The zero-order chi connectivity index (χ0) is 15.2. The number of nitrogens with two attached hydrogens (primary N) is 1. The molecule has 1 aliphatic carbocycles. The molecule has 0 aromatic heterocycles. The minimum Gasteiger partial charge on any atom is -0.367 e. The third-order valence-electron chi connectivity index (χ3n) is 3.50. The van der Waals surface area contributed by atoms with Crippen LogP contribution >= 0.6 is 11.8 Å². The summed E-state index contributed by atoms with van der Waals surface area (Å²) in [5, 5.41) is 0.339. The van der Waals surface area contributed by atoms with Gasteiger partial charge in [0.1, 0.15) is 0 Å². The lowest BCUT2D eigenvalue weighted by Crippen LogP contribution is -2.05. The van der Waals surface area contributed by atoms with Crippen molar-refractivity contribution in [2.75, 3.05) is 19.1 Å². The van der Waals surface area contributed by atoms with Gasteiger partial charge in [-0.3, -0.25) is 4.79 Å². The van der Waals surface area contributed by atoms with Crippen LogP contribution in [0.25, 0.3) is 0 Å². The number of hydrogen-bond acceptors (Lipinski definition) is 4. The van der Waals surface area contributed by atoms with Gasteiger partial charge >= 0.3 is 0 Å². The molecule has 0 bridgehead atoms. The minimum absolute atomic E-state index is 0. The summed E-state index contributed by atoms with van der Waals surface area (Å²) in [6, 6.07) is 0. The Kier molecular flexibility index (Phi) is 11.5. The monoisotopic (exact) mass is 313 g/mol. The average molecular weight is 314 g/mol. The number of carbonyl (C=O) groups is 1. The summed E-state index contributed by atoms with van der Waals surface area (Å²) in [4.78, 5) is 11.8. The minimum atomic E-state index is 0. The van der Waals surface area contributed by atoms with Crippen LogP contribution in [0, 0.1) is 0 Å². The quantitative estimate of drug-likeness (QED) is 0.428. The van der Waals surface area contributed by atoms with Crippen LogP contribution in [0.15, 0.2) is 23.8 Å². The molecule has 0 atom stereocenters. The molecule has 0 radical (unpaired) electrons. The molecule has 0 unspecified atom stereocenters. The molecule has 3 nitrogen and oxygen atoms in total. The van der Waals surface area contributed by atoms with Crippen molar-refractivity contribution in [1.82, 2.24) is 0 Å². The topological polar surface area (TPSA) is 52.3 Å². The van der Waals surface area contributed by atoms with E-state index < -0.39 is 0 Å². The fraction of sp³-hybridized carbons (Fsp3) is 0.706. The van der Waals surface area contributed by atoms with Crippen molar-refractivity contribution in [3.63, 3.8) is 0 Å². The summed E-state index contributed by atoms with van der Waals surface area (Å²) < 4.78 is 5.09. The number of carbonyl (C=O) groups excluding carboxylic acids is 1. The normalized spacial score (nSPS) is 14.2. The van der Waals surface area contributed by atoms with Crippen LogP contribution < -0.4 is 5.73 Å². The lowest BCUT2D eigenvalue weighted by Gasteiger charge is -2.06. The highest BCUT2D eigenvalue weighted by atomic mass is 32.2. The predicted octanol–water partition coefficient (Wildman–Crippen LogP) is 4.43. The van der Waals surface area contributed by atoms with Gasteiger partial charge in [0.15, 0.2) is 5.12 Å². The highest BCUT2D eigenvalue weighted by Gasteiger charge is 2.05. The summed E-state index contributed by atoms with van der Waals surface area (Å²) in [6.07, 6.45) is 16.3. The number of unbranched alkanes of at least 4 members (excludes halogenated alkanes) is 4. The average Bonchev–Trinajstić information content (AvgIpc) is 2.52. The molecule has 0 fully saturated rings. The molecular formula is C17H31NO2S. The number of allylic oxidation sites excluding steroid dienone is 4. The van der Waals surface area contributed by atoms with Gasteiger partial charge < -0.3 is 10.5 Å². The number of ether oxygens (including phenoxy) is 1. The largest absolute Gasteiger partial charge is 0.367 e. The molecule has 4 heteroatoms. The Morgan fingerprint density at radius 1 is 1.24 bits per heavy atom. The number of thioether (sulfide) groups is 1. The Bertz CT molecular complexity index is 346. The Labute approximate surface area is 134 Å². The van der Waals surface area contributed by atoms with Crippen LogP contribution in [-0.4, -0.2) is 24.2 Å². The van der Waals surface area contributed by atoms with Gasteiger partial charge in [-0.25, -0.2) is 0 Å². The van der Waals surface area contributed by atoms with Crippen molar-refractivity contribution in [3.05, 3.63) is 23.8 Å². The maximum absolute atomic E-state index is 11.8. The molecule has 0 aromatic carbocycles. The maximum Gasteiger partial charge on any atom is 0.189 e. The second kappa shape index (κ2) is 13.1. The summed E-state index contributed by atoms with van der Waals surface area (Å²) in [6.45, 7) is 1.10. The van der Waals surface area contributed by atoms with Crippen LogP contribution in [0.3, 0.4) is 0 Å². The summed E-state index contributed by atoms with van der Waals surface area (Å²) in [7, 11) is 0. The molecule has 0 saturated heterocycles. The van der Waals surface area contributed by atoms with Crippen molar-refractivity contribution in [3.8, 4) is 0 Å². The van der Waals surface area contributed by atoms with E-state index in [1.807, 2.05) is 0 Å². The first-order valence-corrected chi connectivity index (χ1v) is 9.10. The van der Waals surface area contributed by atoms with Gasteiger partial charge in [-0.15, -0.1) is 0 Å². The highest BCUT2D eigenvalue weighted by molar-refractivity contribution is 8.13. The zero-order valence-corrected chi connectivity index (χ0v) is 13.8. The summed E-state index contributed by atoms with van der Waals surface area (Å²) >= 11 is 1.51. The molecule has 0 aromatic rings. The van der Waals surface area contributed by atoms with E-state index in [4.69, 9.17) is 10.5 Å². The van der Waals surface area contributed by atoms with E-state index in [2.05, 4.69) is 18.2 Å². The molecule has 1 aliphatic rings. The van der Waals surface area contributed by atoms with Crippen LogP contribution in [-0.2, 0) is 9.53 Å². The van der Waals surface area contributed by atoms with E-state index in [0.29, 0.717) is 18.3 Å². The van der Waals surface area contributed by atoms with Crippen molar-refractivity contribution < 1.29 is 11.0 Å². The summed E-state index contributed by atoms with van der Waals surface area (Å²) in [5.74, 6) is 0.965. The fourth-order valence-corrected chi connectivity index (χ4v) is 3.10. The molecule has 0 amide bonds. The highest BCUT2D eigenvalue weighted by Crippen LogP contribution is 2.18. The SMILES string of the molecule is NCOCCCCCCCSC(=O)CCC1=CCCC=C1.[HH]. The van der Waals surface area contributed by atoms with Crippen LogP contribution in [0.2, 0.25) is 0 Å². The van der Waals surface area contributed by atoms with Gasteiger partial charge in [0.2, 0.25) is 0 Å². The van der Waals surface area contributed by atoms with E-state index in [0.717, 1.165) is 44.5 Å². The van der Waals surface area contributed by atoms with Gasteiger partial charge in [0, 0.05) is 20.2 Å². The summed E-state index contributed by atoms with van der Waals surface area (Å²) in [5.41, 5.74) is 6.57. The fourth-order valence-electron chi connectivity index (χ4n) is 2.28.